The van der Waals surface area contributed by atoms with Gasteiger partial charge in [0.2, 0.25) is 0 Å². The van der Waals surface area contributed by atoms with Crippen molar-refractivity contribution >= 4 is 29.0 Å². The number of hydrogen-bond acceptors (Lipinski definition) is 3. The lowest BCUT2D eigenvalue weighted by Gasteiger charge is -2.30. The summed E-state index contributed by atoms with van der Waals surface area (Å²) in [7, 11) is 0. The van der Waals surface area contributed by atoms with Crippen molar-refractivity contribution in [2.75, 3.05) is 29.9 Å². The molecule has 0 bridgehead atoms. The number of piperidine rings is 1. The Labute approximate surface area is 165 Å². The van der Waals surface area contributed by atoms with E-state index in [-0.39, 0.29) is 18.7 Å². The maximum Gasteiger partial charge on any atom is 0.319 e. The number of carbonyl (C=O) groups excluding carboxylic acids is 1. The highest BCUT2D eigenvalue weighted by Gasteiger charge is 2.18. The number of nitrogens with one attached hydrogen (secondary N) is 2. The molecule has 27 heavy (non-hydrogen) atoms. The lowest BCUT2D eigenvalue weighted by Crippen LogP contribution is -2.42. The fourth-order valence-electron chi connectivity index (χ4n) is 3.42. The number of amides is 2. The fraction of sp³-hybridized carbons (Fsp3) is 0.381. The Bertz CT molecular complexity index is 748. The predicted molar refractivity (Wildman–Crippen MR) is 111 cm³/mol. The van der Waals surface area contributed by atoms with Gasteiger partial charge in [0, 0.05) is 18.1 Å². The van der Waals surface area contributed by atoms with Gasteiger partial charge in [0.25, 0.3) is 0 Å². The van der Waals surface area contributed by atoms with Gasteiger partial charge in [-0.2, -0.15) is 0 Å². The number of aliphatic hydroxyl groups excluding tert-OH is 1. The molecule has 2 amide bonds. The molecule has 5 nitrogen and oxygen atoms in total. The normalized spacial score (nSPS) is 15.3. The van der Waals surface area contributed by atoms with Crippen molar-refractivity contribution in [2.45, 2.75) is 31.7 Å². The van der Waals surface area contributed by atoms with Gasteiger partial charge in [0.05, 0.1) is 24.0 Å². The SMILES string of the molecule is O=C(Nc1cc(Cl)ccc1N1CCCCC1)NC(CO)Cc1ccccc1. The van der Waals surface area contributed by atoms with Crippen LogP contribution in [0.1, 0.15) is 24.8 Å². The van der Waals surface area contributed by atoms with Gasteiger partial charge in [-0.3, -0.25) is 0 Å². The van der Waals surface area contributed by atoms with Crippen LogP contribution in [0.25, 0.3) is 0 Å². The van der Waals surface area contributed by atoms with E-state index in [0.29, 0.717) is 17.1 Å². The second kappa shape index (κ2) is 9.62. The molecule has 0 aliphatic carbocycles. The number of rotatable bonds is 6. The molecule has 1 fully saturated rings. The molecular weight excluding hydrogens is 362 g/mol. The third-order valence-corrected chi connectivity index (χ3v) is 5.02. The molecule has 1 unspecified atom stereocenters. The van der Waals surface area contributed by atoms with Crippen molar-refractivity contribution in [2.24, 2.45) is 0 Å². The Kier molecular flexibility index (Phi) is 6.96. The van der Waals surface area contributed by atoms with Gasteiger partial charge in [-0.1, -0.05) is 41.9 Å². The third-order valence-electron chi connectivity index (χ3n) is 4.78. The Morgan fingerprint density at radius 2 is 1.85 bits per heavy atom. The van der Waals surface area contributed by atoms with Crippen molar-refractivity contribution in [3.63, 3.8) is 0 Å². The largest absolute Gasteiger partial charge is 0.394 e. The van der Waals surface area contributed by atoms with Crippen LogP contribution in [0.2, 0.25) is 5.02 Å². The second-order valence-electron chi connectivity index (χ2n) is 6.88. The topological polar surface area (TPSA) is 64.6 Å². The van der Waals surface area contributed by atoms with Gasteiger partial charge < -0.3 is 20.6 Å². The van der Waals surface area contributed by atoms with Crippen molar-refractivity contribution in [3.05, 3.63) is 59.1 Å². The summed E-state index contributed by atoms with van der Waals surface area (Å²) < 4.78 is 0. The molecular formula is C21H26ClN3O2. The molecule has 0 saturated carbocycles. The van der Waals surface area contributed by atoms with Gasteiger partial charge in [-0.05, 0) is 49.4 Å². The lowest BCUT2D eigenvalue weighted by molar-refractivity contribution is 0.224. The summed E-state index contributed by atoms with van der Waals surface area (Å²) in [6, 6.07) is 14.7. The van der Waals surface area contributed by atoms with Gasteiger partial charge >= 0.3 is 6.03 Å². The minimum absolute atomic E-state index is 0.128. The summed E-state index contributed by atoms with van der Waals surface area (Å²) in [5.74, 6) is 0. The first-order valence-corrected chi connectivity index (χ1v) is 9.80. The minimum atomic E-state index is -0.356. The zero-order valence-corrected chi connectivity index (χ0v) is 16.1. The molecule has 0 aromatic heterocycles. The molecule has 1 aliphatic rings. The quantitative estimate of drug-likeness (QED) is 0.700. The molecule has 1 aliphatic heterocycles. The summed E-state index contributed by atoms with van der Waals surface area (Å²) in [5, 5.41) is 16.0. The number of halogens is 1. The molecule has 0 radical (unpaired) electrons. The molecule has 2 aromatic carbocycles. The molecule has 144 valence electrons. The molecule has 1 atom stereocenters. The van der Waals surface area contributed by atoms with Crippen molar-refractivity contribution < 1.29 is 9.90 Å². The molecule has 1 heterocycles. The van der Waals surface area contributed by atoms with Gasteiger partial charge in [-0.15, -0.1) is 0 Å². The number of nitrogens with zero attached hydrogens (tertiary/aromatic N) is 1. The van der Waals surface area contributed by atoms with Crippen LogP contribution in [0, 0.1) is 0 Å². The third kappa shape index (κ3) is 5.62. The average Bonchev–Trinajstić information content (AvgIpc) is 2.69. The van der Waals surface area contributed by atoms with Crippen LogP contribution in [0.5, 0.6) is 0 Å². The number of urea groups is 1. The lowest BCUT2D eigenvalue weighted by atomic mass is 10.1. The average molecular weight is 388 g/mol. The molecule has 1 saturated heterocycles. The number of aliphatic hydroxyl groups is 1. The second-order valence-corrected chi connectivity index (χ2v) is 7.31. The van der Waals surface area contributed by atoms with Crippen LogP contribution in [0.3, 0.4) is 0 Å². The van der Waals surface area contributed by atoms with E-state index in [1.54, 1.807) is 6.07 Å². The van der Waals surface area contributed by atoms with Crippen molar-refractivity contribution in [1.29, 1.82) is 0 Å². The van der Waals surface area contributed by atoms with E-state index in [1.807, 2.05) is 42.5 Å². The Morgan fingerprint density at radius 1 is 1.11 bits per heavy atom. The van der Waals surface area contributed by atoms with E-state index in [9.17, 15) is 9.90 Å². The van der Waals surface area contributed by atoms with Crippen LogP contribution >= 0.6 is 11.6 Å². The standard InChI is InChI=1S/C21H26ClN3O2/c22-17-9-10-20(25-11-5-2-6-12-25)19(14-17)24-21(27)23-18(15-26)13-16-7-3-1-4-8-16/h1,3-4,7-10,14,18,26H,2,5-6,11-13,15H2,(H2,23,24,27). The van der Waals surface area contributed by atoms with E-state index >= 15 is 0 Å². The number of anilines is 2. The maximum absolute atomic E-state index is 12.5. The van der Waals surface area contributed by atoms with E-state index in [0.717, 1.165) is 37.2 Å². The minimum Gasteiger partial charge on any atom is -0.394 e. The van der Waals surface area contributed by atoms with Crippen LogP contribution in [-0.4, -0.2) is 36.9 Å². The fourth-order valence-corrected chi connectivity index (χ4v) is 3.59. The summed E-state index contributed by atoms with van der Waals surface area (Å²) in [5.41, 5.74) is 2.74. The predicted octanol–water partition coefficient (Wildman–Crippen LogP) is 4.06. The Balaban J connectivity index is 1.66. The van der Waals surface area contributed by atoms with Crippen LogP contribution < -0.4 is 15.5 Å². The van der Waals surface area contributed by atoms with Gasteiger partial charge in [0.15, 0.2) is 0 Å². The smallest absolute Gasteiger partial charge is 0.319 e. The summed E-state index contributed by atoms with van der Waals surface area (Å²) in [6.45, 7) is 1.83. The Morgan fingerprint density at radius 3 is 2.56 bits per heavy atom. The molecule has 3 rings (SSSR count). The highest BCUT2D eigenvalue weighted by Crippen LogP contribution is 2.31. The van der Waals surface area contributed by atoms with E-state index in [2.05, 4.69) is 15.5 Å². The highest BCUT2D eigenvalue weighted by molar-refractivity contribution is 6.31. The molecule has 0 spiro atoms. The maximum atomic E-state index is 12.5. The number of carbonyl (C=O) groups is 1. The number of hydrogen-bond donors (Lipinski definition) is 3. The van der Waals surface area contributed by atoms with E-state index < -0.39 is 0 Å². The number of benzene rings is 2. The first-order chi connectivity index (χ1) is 13.2. The summed E-state index contributed by atoms with van der Waals surface area (Å²) >= 11 is 6.15. The first kappa shape index (κ1) is 19.5. The van der Waals surface area contributed by atoms with Crippen LogP contribution in [-0.2, 0) is 6.42 Å². The molecule has 2 aromatic rings. The highest BCUT2D eigenvalue weighted by atomic mass is 35.5. The first-order valence-electron chi connectivity index (χ1n) is 9.42. The molecule has 3 N–H and O–H groups in total. The van der Waals surface area contributed by atoms with Crippen molar-refractivity contribution in [1.82, 2.24) is 5.32 Å². The monoisotopic (exact) mass is 387 g/mol. The Hall–Kier alpha value is -2.24. The van der Waals surface area contributed by atoms with Gasteiger partial charge in [0.1, 0.15) is 0 Å². The zero-order valence-electron chi connectivity index (χ0n) is 15.3. The van der Waals surface area contributed by atoms with E-state index in [1.165, 1.54) is 6.42 Å². The molecule has 6 heteroatoms. The van der Waals surface area contributed by atoms with Gasteiger partial charge in [-0.25, -0.2) is 4.79 Å². The van der Waals surface area contributed by atoms with Crippen molar-refractivity contribution in [3.8, 4) is 0 Å². The van der Waals surface area contributed by atoms with Crippen LogP contribution in [0.4, 0.5) is 16.2 Å². The van der Waals surface area contributed by atoms with Crippen LogP contribution in [0.15, 0.2) is 48.5 Å². The summed E-state index contributed by atoms with van der Waals surface area (Å²) in [6.07, 6.45) is 4.11. The van der Waals surface area contributed by atoms with E-state index in [4.69, 9.17) is 11.6 Å². The zero-order chi connectivity index (χ0) is 19.1. The summed E-state index contributed by atoms with van der Waals surface area (Å²) in [4.78, 5) is 14.8.